The lowest BCUT2D eigenvalue weighted by atomic mass is 10.0. The van der Waals surface area contributed by atoms with Crippen molar-refractivity contribution < 1.29 is 14.8 Å². The number of hydrogen-bond acceptors (Lipinski definition) is 6. The lowest BCUT2D eigenvalue weighted by Gasteiger charge is -2.28. The quantitative estimate of drug-likeness (QED) is 0.533. The monoisotopic (exact) mass is 365 g/mol. The fraction of sp³-hybridized carbons (Fsp3) is 0.263. The van der Waals surface area contributed by atoms with Crippen LogP contribution in [0.4, 0.5) is 5.95 Å². The Morgan fingerprint density at radius 1 is 1.22 bits per heavy atom. The van der Waals surface area contributed by atoms with Gasteiger partial charge in [0.1, 0.15) is 0 Å². The van der Waals surface area contributed by atoms with Crippen LogP contribution in [0.1, 0.15) is 38.9 Å². The molecule has 0 fully saturated rings. The van der Waals surface area contributed by atoms with Crippen LogP contribution < -0.4 is 10.4 Å². The number of hydrogen-bond donors (Lipinski definition) is 2. The first-order chi connectivity index (χ1) is 13.0. The van der Waals surface area contributed by atoms with Gasteiger partial charge in [0.2, 0.25) is 11.9 Å². The van der Waals surface area contributed by atoms with E-state index in [0.29, 0.717) is 25.5 Å². The molecule has 4 rings (SSSR count). The highest BCUT2D eigenvalue weighted by molar-refractivity contribution is 5.96. The first-order valence-electron chi connectivity index (χ1n) is 8.64. The number of fused-ring (bicyclic) bond motifs is 3. The van der Waals surface area contributed by atoms with Gasteiger partial charge in [-0.15, -0.1) is 0 Å². The van der Waals surface area contributed by atoms with E-state index in [1.165, 1.54) is 12.4 Å². The van der Waals surface area contributed by atoms with Gasteiger partial charge < -0.3 is 4.90 Å². The van der Waals surface area contributed by atoms with E-state index in [2.05, 4.69) is 16.0 Å². The number of nitrogens with zero attached hydrogens (tertiary/aromatic N) is 4. The number of hydroxylamine groups is 1. The van der Waals surface area contributed by atoms with Crippen LogP contribution in [0.25, 0.3) is 10.9 Å². The first kappa shape index (κ1) is 17.2. The van der Waals surface area contributed by atoms with Gasteiger partial charge in [0, 0.05) is 55.5 Å². The lowest BCUT2D eigenvalue weighted by Crippen LogP contribution is -2.33. The summed E-state index contributed by atoms with van der Waals surface area (Å²) >= 11 is 0. The van der Waals surface area contributed by atoms with Gasteiger partial charge in [0.25, 0.3) is 5.91 Å². The van der Waals surface area contributed by atoms with E-state index in [9.17, 15) is 9.59 Å². The van der Waals surface area contributed by atoms with Gasteiger partial charge in [-0.05, 0) is 19.1 Å². The summed E-state index contributed by atoms with van der Waals surface area (Å²) in [6.45, 7) is 4.87. The molecule has 3 aromatic rings. The minimum Gasteiger partial charge on any atom is -0.336 e. The minimum absolute atomic E-state index is 0.00849. The van der Waals surface area contributed by atoms with Crippen molar-refractivity contribution in [3.63, 3.8) is 0 Å². The largest absolute Gasteiger partial charge is 0.336 e. The van der Waals surface area contributed by atoms with Crippen LogP contribution in [0.15, 0.2) is 30.6 Å². The van der Waals surface area contributed by atoms with Crippen molar-refractivity contribution in [1.82, 2.24) is 20.0 Å². The average molecular weight is 365 g/mol. The molecule has 0 unspecified atom stereocenters. The topological polar surface area (TPSA) is 100 Å². The molecule has 1 amide bonds. The molecule has 3 heterocycles. The van der Waals surface area contributed by atoms with Gasteiger partial charge in [-0.1, -0.05) is 11.6 Å². The Hall–Kier alpha value is -3.26. The fourth-order valence-corrected chi connectivity index (χ4v) is 3.67. The number of carbonyl (C=O) groups is 2. The Labute approximate surface area is 155 Å². The van der Waals surface area contributed by atoms with Gasteiger partial charge in [-0.25, -0.2) is 15.4 Å². The molecule has 27 heavy (non-hydrogen) atoms. The first-order valence-corrected chi connectivity index (χ1v) is 8.64. The van der Waals surface area contributed by atoms with Crippen molar-refractivity contribution in [1.29, 1.82) is 0 Å². The zero-order valence-electron chi connectivity index (χ0n) is 15.1. The van der Waals surface area contributed by atoms with E-state index in [4.69, 9.17) is 5.21 Å². The average Bonchev–Trinajstić information content (AvgIpc) is 3.00. The second-order valence-corrected chi connectivity index (χ2v) is 6.68. The van der Waals surface area contributed by atoms with Crippen LogP contribution in [0.2, 0.25) is 0 Å². The number of rotatable bonds is 2. The summed E-state index contributed by atoms with van der Waals surface area (Å²) in [5.41, 5.74) is 5.96. The maximum absolute atomic E-state index is 12.2. The second-order valence-electron chi connectivity index (χ2n) is 6.68. The summed E-state index contributed by atoms with van der Waals surface area (Å²) in [6, 6.07) is 6.11. The minimum atomic E-state index is -0.650. The van der Waals surface area contributed by atoms with E-state index in [1.54, 1.807) is 17.0 Å². The summed E-state index contributed by atoms with van der Waals surface area (Å²) in [4.78, 5) is 34.2. The summed E-state index contributed by atoms with van der Waals surface area (Å²) in [6.07, 6.45) is 3.46. The predicted molar refractivity (Wildman–Crippen MR) is 99.0 cm³/mol. The van der Waals surface area contributed by atoms with E-state index in [1.807, 2.05) is 24.0 Å². The normalized spacial score (nSPS) is 13.5. The summed E-state index contributed by atoms with van der Waals surface area (Å²) in [7, 11) is 0. The maximum atomic E-state index is 12.2. The number of carbonyl (C=O) groups excluding carboxylic acids is 2. The molecule has 0 saturated heterocycles. The zero-order valence-corrected chi connectivity index (χ0v) is 15.1. The Morgan fingerprint density at radius 3 is 2.63 bits per heavy atom. The molecule has 0 radical (unpaired) electrons. The van der Waals surface area contributed by atoms with Crippen molar-refractivity contribution in [3.8, 4) is 0 Å². The zero-order chi connectivity index (χ0) is 19.1. The number of anilines is 1. The van der Waals surface area contributed by atoms with E-state index >= 15 is 0 Å². The Kier molecular flexibility index (Phi) is 4.12. The third-order valence-corrected chi connectivity index (χ3v) is 4.90. The molecule has 138 valence electrons. The molecule has 0 aliphatic carbocycles. The van der Waals surface area contributed by atoms with Gasteiger partial charge in [-0.2, -0.15) is 0 Å². The molecule has 0 bridgehead atoms. The predicted octanol–water partition coefficient (Wildman–Crippen LogP) is 2.08. The lowest BCUT2D eigenvalue weighted by molar-refractivity contribution is 0.0705. The third kappa shape index (κ3) is 2.83. The highest BCUT2D eigenvalue weighted by Crippen LogP contribution is 2.32. The smallest absolute Gasteiger partial charge is 0.277 e. The summed E-state index contributed by atoms with van der Waals surface area (Å²) in [5.74, 6) is -0.136. The maximum Gasteiger partial charge on any atom is 0.277 e. The standard InChI is InChI=1S/C19H19N5O3/c1-11-3-4-16-14(7-11)15-10-23(6-5-17(15)24(16)12(2)25)19-20-8-13(9-21-19)18(26)22-27/h3-4,7-9,27H,5-6,10H2,1-2H3,(H,22,26). The van der Waals surface area contributed by atoms with E-state index in [0.717, 1.165) is 27.7 Å². The van der Waals surface area contributed by atoms with Gasteiger partial charge in [-0.3, -0.25) is 19.4 Å². The van der Waals surface area contributed by atoms with E-state index in [-0.39, 0.29) is 11.5 Å². The fourth-order valence-electron chi connectivity index (χ4n) is 3.67. The van der Waals surface area contributed by atoms with E-state index < -0.39 is 5.91 Å². The molecule has 2 N–H and O–H groups in total. The molecule has 0 saturated carbocycles. The van der Waals surface area contributed by atoms with Gasteiger partial charge in [0.15, 0.2) is 0 Å². The van der Waals surface area contributed by atoms with Crippen LogP contribution in [0, 0.1) is 6.92 Å². The van der Waals surface area contributed by atoms with Gasteiger partial charge >= 0.3 is 0 Å². The van der Waals surface area contributed by atoms with Crippen molar-refractivity contribution in [2.45, 2.75) is 26.8 Å². The van der Waals surface area contributed by atoms with Crippen molar-refractivity contribution >= 4 is 28.7 Å². The highest BCUT2D eigenvalue weighted by Gasteiger charge is 2.26. The molecule has 1 aliphatic heterocycles. The summed E-state index contributed by atoms with van der Waals surface area (Å²) in [5, 5.41) is 9.76. The second kappa shape index (κ2) is 6.48. The number of aryl methyl sites for hydroxylation is 1. The molecule has 1 aromatic carbocycles. The molecule has 8 heteroatoms. The number of nitrogens with one attached hydrogen (secondary N) is 1. The third-order valence-electron chi connectivity index (χ3n) is 4.90. The van der Waals surface area contributed by atoms with Crippen LogP contribution in [-0.2, 0) is 13.0 Å². The van der Waals surface area contributed by atoms with Crippen LogP contribution >= 0.6 is 0 Å². The summed E-state index contributed by atoms with van der Waals surface area (Å²) < 4.78 is 1.80. The van der Waals surface area contributed by atoms with Crippen molar-refractivity contribution in [3.05, 3.63) is 53.0 Å². The van der Waals surface area contributed by atoms with Crippen LogP contribution in [0.3, 0.4) is 0 Å². The molecule has 8 nitrogen and oxygen atoms in total. The highest BCUT2D eigenvalue weighted by atomic mass is 16.5. The Bertz CT molecular complexity index is 1060. The molecule has 1 aliphatic rings. The molecular weight excluding hydrogens is 346 g/mol. The number of aromatic nitrogens is 3. The molecule has 0 spiro atoms. The molecule has 2 aromatic heterocycles. The van der Waals surface area contributed by atoms with Crippen molar-refractivity contribution in [2.24, 2.45) is 0 Å². The number of amides is 1. The SMILES string of the molecule is CC(=O)n1c2c(c3cc(C)ccc31)CN(c1ncc(C(=O)NO)cn1)CC2. The Balaban J connectivity index is 1.73. The molecule has 0 atom stereocenters. The van der Waals surface area contributed by atoms with Crippen molar-refractivity contribution in [2.75, 3.05) is 11.4 Å². The van der Waals surface area contributed by atoms with Crippen LogP contribution in [-0.4, -0.2) is 38.1 Å². The van der Waals surface area contributed by atoms with Crippen LogP contribution in [0.5, 0.6) is 0 Å². The Morgan fingerprint density at radius 2 is 1.96 bits per heavy atom. The number of benzene rings is 1. The molecular formula is C19H19N5O3. The van der Waals surface area contributed by atoms with Gasteiger partial charge in [0.05, 0.1) is 11.1 Å².